The van der Waals surface area contributed by atoms with E-state index in [2.05, 4.69) is 85.3 Å². The van der Waals surface area contributed by atoms with Gasteiger partial charge < -0.3 is 10.7 Å². The Hall–Kier alpha value is -3.40. The largest absolute Gasteiger partial charge is 0.384 e. The zero-order chi connectivity index (χ0) is 23.8. The van der Waals surface area contributed by atoms with Crippen molar-refractivity contribution < 1.29 is 0 Å². The molecular formula is C29H36N4. The summed E-state index contributed by atoms with van der Waals surface area (Å²) in [4.78, 5) is 13.1. The number of nitrogens with two attached hydrogens (primary N) is 1. The number of aliphatic imine (C=N–C) groups is 2. The van der Waals surface area contributed by atoms with Gasteiger partial charge in [0.05, 0.1) is 11.4 Å². The minimum Gasteiger partial charge on any atom is -0.384 e. The number of aromatic nitrogens is 1. The van der Waals surface area contributed by atoms with Gasteiger partial charge in [-0.15, -0.1) is 0 Å². The van der Waals surface area contributed by atoms with Crippen LogP contribution in [0.15, 0.2) is 82.2 Å². The molecule has 0 fully saturated rings. The molecule has 3 aromatic rings. The zero-order valence-corrected chi connectivity index (χ0v) is 20.6. The van der Waals surface area contributed by atoms with Gasteiger partial charge in [0.2, 0.25) is 0 Å². The van der Waals surface area contributed by atoms with Gasteiger partial charge in [0.1, 0.15) is 5.82 Å². The monoisotopic (exact) mass is 440 g/mol. The maximum atomic E-state index is 5.98. The highest BCUT2D eigenvalue weighted by Crippen LogP contribution is 2.26. The normalized spacial score (nSPS) is 14.0. The number of allylic oxidation sites excluding steroid dienone is 3. The molecule has 0 aliphatic rings. The van der Waals surface area contributed by atoms with Crippen molar-refractivity contribution in [1.29, 1.82) is 0 Å². The lowest BCUT2D eigenvalue weighted by molar-refractivity contribution is 0.962. The number of rotatable bonds is 9. The Bertz CT molecular complexity index is 1210. The van der Waals surface area contributed by atoms with Crippen molar-refractivity contribution in [2.45, 2.75) is 60.3 Å². The first-order valence-corrected chi connectivity index (χ1v) is 11.8. The lowest BCUT2D eigenvalue weighted by Crippen LogP contribution is -2.05. The average molecular weight is 441 g/mol. The summed E-state index contributed by atoms with van der Waals surface area (Å²) in [7, 11) is 0. The maximum absolute atomic E-state index is 5.98. The van der Waals surface area contributed by atoms with Gasteiger partial charge in [0, 0.05) is 27.9 Å². The summed E-state index contributed by atoms with van der Waals surface area (Å²) in [5, 5.41) is 1.21. The SMILES string of the molecule is C\C=C(N)/N=C(C)\C(N=C(C)CCC)=C(/C)c1cc2cc(CCc3ccccc3)ccc2[nH]1. The summed E-state index contributed by atoms with van der Waals surface area (Å²) < 4.78 is 0. The van der Waals surface area contributed by atoms with E-state index in [1.165, 1.54) is 16.5 Å². The molecule has 0 aliphatic heterocycles. The van der Waals surface area contributed by atoms with Gasteiger partial charge in [-0.2, -0.15) is 0 Å². The summed E-state index contributed by atoms with van der Waals surface area (Å²) >= 11 is 0. The van der Waals surface area contributed by atoms with Crippen LogP contribution in [0.5, 0.6) is 0 Å². The molecule has 0 radical (unpaired) electrons. The molecule has 1 heterocycles. The van der Waals surface area contributed by atoms with Crippen LogP contribution in [0.1, 0.15) is 64.3 Å². The van der Waals surface area contributed by atoms with Crippen molar-refractivity contribution in [3.63, 3.8) is 0 Å². The highest BCUT2D eigenvalue weighted by molar-refractivity contribution is 6.07. The molecule has 0 aliphatic carbocycles. The summed E-state index contributed by atoms with van der Waals surface area (Å²) in [5.74, 6) is 0.501. The Kier molecular flexibility index (Phi) is 8.42. The van der Waals surface area contributed by atoms with Gasteiger partial charge in [-0.05, 0) is 82.4 Å². The van der Waals surface area contributed by atoms with Crippen LogP contribution in [-0.4, -0.2) is 16.4 Å². The third-order valence-corrected chi connectivity index (χ3v) is 5.84. The number of fused-ring (bicyclic) bond motifs is 1. The zero-order valence-electron chi connectivity index (χ0n) is 20.6. The Labute approximate surface area is 198 Å². The molecule has 0 bridgehead atoms. The first-order chi connectivity index (χ1) is 15.9. The molecule has 0 unspecified atom stereocenters. The van der Waals surface area contributed by atoms with Gasteiger partial charge in [0.15, 0.2) is 0 Å². The topological polar surface area (TPSA) is 66.5 Å². The molecule has 0 amide bonds. The second-order valence-corrected chi connectivity index (χ2v) is 8.57. The fraction of sp³-hybridized carbons (Fsp3) is 0.310. The first-order valence-electron chi connectivity index (χ1n) is 11.8. The van der Waals surface area contributed by atoms with Crippen molar-refractivity contribution in [3.05, 3.63) is 89.0 Å². The second-order valence-electron chi connectivity index (χ2n) is 8.57. The minimum atomic E-state index is 0.501. The van der Waals surface area contributed by atoms with Crippen LogP contribution in [-0.2, 0) is 12.8 Å². The molecule has 3 rings (SSSR count). The van der Waals surface area contributed by atoms with Crippen molar-refractivity contribution in [2.75, 3.05) is 0 Å². The number of hydrogen-bond acceptors (Lipinski definition) is 3. The highest BCUT2D eigenvalue weighted by atomic mass is 14.9. The number of aromatic amines is 1. The van der Waals surface area contributed by atoms with E-state index in [0.29, 0.717) is 5.82 Å². The molecule has 2 aromatic carbocycles. The molecular weight excluding hydrogens is 404 g/mol. The third-order valence-electron chi connectivity index (χ3n) is 5.84. The van der Waals surface area contributed by atoms with Gasteiger partial charge in [-0.3, -0.25) is 4.99 Å². The minimum absolute atomic E-state index is 0.501. The summed E-state index contributed by atoms with van der Waals surface area (Å²) in [6, 6.07) is 19.5. The number of H-pyrrole nitrogens is 1. The smallest absolute Gasteiger partial charge is 0.119 e. The second kappa shape index (κ2) is 11.5. The Balaban J connectivity index is 1.96. The van der Waals surface area contributed by atoms with Gasteiger partial charge in [-0.25, -0.2) is 4.99 Å². The molecule has 0 saturated carbocycles. The van der Waals surface area contributed by atoms with Gasteiger partial charge in [-0.1, -0.05) is 49.7 Å². The number of nitrogens with zero attached hydrogens (tertiary/aromatic N) is 2. The van der Waals surface area contributed by atoms with Crippen molar-refractivity contribution in [1.82, 2.24) is 4.98 Å². The lowest BCUT2D eigenvalue weighted by Gasteiger charge is -2.09. The van der Waals surface area contributed by atoms with Crippen LogP contribution in [0.4, 0.5) is 0 Å². The Morgan fingerprint density at radius 2 is 1.67 bits per heavy atom. The fourth-order valence-electron chi connectivity index (χ4n) is 3.96. The lowest BCUT2D eigenvalue weighted by atomic mass is 10.0. The average Bonchev–Trinajstić information content (AvgIpc) is 3.25. The first kappa shape index (κ1) is 24.2. The molecule has 172 valence electrons. The molecule has 0 saturated heterocycles. The van der Waals surface area contributed by atoms with Gasteiger partial charge >= 0.3 is 0 Å². The fourth-order valence-corrected chi connectivity index (χ4v) is 3.96. The molecule has 4 nitrogen and oxygen atoms in total. The van der Waals surface area contributed by atoms with E-state index >= 15 is 0 Å². The van der Waals surface area contributed by atoms with Crippen LogP contribution < -0.4 is 5.73 Å². The van der Waals surface area contributed by atoms with Crippen LogP contribution >= 0.6 is 0 Å². The van der Waals surface area contributed by atoms with Crippen molar-refractivity contribution >= 4 is 27.9 Å². The number of benzene rings is 2. The molecule has 4 heteroatoms. The molecule has 33 heavy (non-hydrogen) atoms. The Morgan fingerprint density at radius 3 is 2.36 bits per heavy atom. The predicted octanol–water partition coefficient (Wildman–Crippen LogP) is 7.23. The molecule has 3 N–H and O–H groups in total. The van der Waals surface area contributed by atoms with Crippen LogP contribution in [0, 0.1) is 0 Å². The van der Waals surface area contributed by atoms with Crippen LogP contribution in [0.25, 0.3) is 16.5 Å². The van der Waals surface area contributed by atoms with Gasteiger partial charge in [0.25, 0.3) is 0 Å². The van der Waals surface area contributed by atoms with E-state index in [9.17, 15) is 0 Å². The Morgan fingerprint density at radius 1 is 0.939 bits per heavy atom. The van der Waals surface area contributed by atoms with Crippen LogP contribution in [0.2, 0.25) is 0 Å². The van der Waals surface area contributed by atoms with E-state index in [1.807, 2.05) is 13.8 Å². The quantitative estimate of drug-likeness (QED) is 0.339. The van der Waals surface area contributed by atoms with E-state index in [4.69, 9.17) is 10.7 Å². The van der Waals surface area contributed by atoms with E-state index in [0.717, 1.165) is 59.6 Å². The molecule has 1 aromatic heterocycles. The number of hydrogen-bond donors (Lipinski definition) is 2. The number of nitrogens with one attached hydrogen (secondary N) is 1. The van der Waals surface area contributed by atoms with E-state index < -0.39 is 0 Å². The predicted molar refractivity (Wildman–Crippen MR) is 144 cm³/mol. The van der Waals surface area contributed by atoms with Crippen LogP contribution in [0.3, 0.4) is 0 Å². The van der Waals surface area contributed by atoms with Crippen molar-refractivity contribution in [2.24, 2.45) is 15.7 Å². The van der Waals surface area contributed by atoms with E-state index in [1.54, 1.807) is 6.08 Å². The van der Waals surface area contributed by atoms with Crippen molar-refractivity contribution in [3.8, 4) is 0 Å². The summed E-state index contributed by atoms with van der Waals surface area (Å²) in [6.07, 6.45) is 5.89. The highest BCUT2D eigenvalue weighted by Gasteiger charge is 2.12. The molecule has 0 spiro atoms. The van der Waals surface area contributed by atoms with E-state index in [-0.39, 0.29) is 0 Å². The summed E-state index contributed by atoms with van der Waals surface area (Å²) in [6.45, 7) is 10.2. The maximum Gasteiger partial charge on any atom is 0.119 e. The number of aryl methyl sites for hydroxylation is 2. The third kappa shape index (κ3) is 6.55. The molecule has 0 atom stereocenters. The summed E-state index contributed by atoms with van der Waals surface area (Å²) in [5.41, 5.74) is 14.7. The standard InChI is InChI=1S/C29H36N4/c1-6-11-20(3)31-29(22(5)32-28(30)7-2)21(4)27-19-25-18-24(16-17-26(25)33-27)15-14-23-12-9-8-10-13-23/h7-10,12-13,16-19,33H,6,11,14-15,30H2,1-5H3/b28-7-,29-21-,31-20?,32-22-.